The first kappa shape index (κ1) is 15.7. The molecule has 0 heterocycles. The average Bonchev–Trinajstić information content (AvgIpc) is 2.50. The third-order valence-corrected chi connectivity index (χ3v) is 3.28. The van der Waals surface area contributed by atoms with E-state index in [1.807, 2.05) is 42.5 Å². The number of ether oxygens (including phenoxy) is 2. The van der Waals surface area contributed by atoms with Crippen LogP contribution in [0.25, 0.3) is 0 Å². The van der Waals surface area contributed by atoms with Crippen LogP contribution in [0.15, 0.2) is 42.5 Å². The van der Waals surface area contributed by atoms with Crippen molar-refractivity contribution in [1.29, 1.82) is 0 Å². The van der Waals surface area contributed by atoms with Gasteiger partial charge in [0.25, 0.3) is 0 Å². The summed E-state index contributed by atoms with van der Waals surface area (Å²) in [5.74, 6) is 2.26. The highest BCUT2D eigenvalue weighted by Gasteiger charge is 2.07. The summed E-state index contributed by atoms with van der Waals surface area (Å²) in [4.78, 5) is 0. The number of benzene rings is 2. The molecule has 0 spiro atoms. The lowest BCUT2D eigenvalue weighted by Crippen LogP contribution is -2.14. The molecule has 0 aliphatic carbocycles. The molecule has 4 heteroatoms. The maximum Gasteiger partial charge on any atom is 0.133 e. The zero-order chi connectivity index (χ0) is 15.1. The van der Waals surface area contributed by atoms with Gasteiger partial charge in [-0.1, -0.05) is 30.7 Å². The van der Waals surface area contributed by atoms with E-state index in [9.17, 15) is 0 Å². The minimum absolute atomic E-state index is 0.659. The highest BCUT2D eigenvalue weighted by atomic mass is 35.5. The van der Waals surface area contributed by atoms with Gasteiger partial charge in [-0.05, 0) is 37.2 Å². The molecule has 0 bridgehead atoms. The third kappa shape index (κ3) is 4.66. The van der Waals surface area contributed by atoms with Crippen LogP contribution >= 0.6 is 11.6 Å². The van der Waals surface area contributed by atoms with E-state index in [1.165, 1.54) is 0 Å². The van der Waals surface area contributed by atoms with Crippen molar-refractivity contribution in [2.24, 2.45) is 0 Å². The molecule has 0 aliphatic rings. The van der Waals surface area contributed by atoms with Crippen molar-refractivity contribution in [3.63, 3.8) is 0 Å². The van der Waals surface area contributed by atoms with E-state index >= 15 is 0 Å². The zero-order valence-corrected chi connectivity index (χ0v) is 13.1. The Balaban J connectivity index is 2.18. The fraction of sp³-hybridized carbons (Fsp3) is 0.294. The van der Waals surface area contributed by atoms with E-state index in [0.717, 1.165) is 42.3 Å². The van der Waals surface area contributed by atoms with Gasteiger partial charge in [0.15, 0.2) is 0 Å². The predicted octanol–water partition coefficient (Wildman–Crippen LogP) is 4.64. The van der Waals surface area contributed by atoms with Crippen LogP contribution < -0.4 is 14.8 Å². The molecule has 1 N–H and O–H groups in total. The van der Waals surface area contributed by atoms with Gasteiger partial charge >= 0.3 is 0 Å². The Kier molecular flexibility index (Phi) is 5.90. The van der Waals surface area contributed by atoms with Crippen LogP contribution in [0.4, 0.5) is 0 Å². The molecule has 3 nitrogen and oxygen atoms in total. The van der Waals surface area contributed by atoms with Crippen LogP contribution in [0, 0.1) is 0 Å². The molecular formula is C17H20ClNO2. The van der Waals surface area contributed by atoms with Crippen molar-refractivity contribution in [1.82, 2.24) is 5.32 Å². The fourth-order valence-electron chi connectivity index (χ4n) is 1.96. The minimum Gasteiger partial charge on any atom is -0.497 e. The van der Waals surface area contributed by atoms with Crippen molar-refractivity contribution in [2.75, 3.05) is 13.7 Å². The lowest BCUT2D eigenvalue weighted by atomic mass is 10.2. The molecule has 21 heavy (non-hydrogen) atoms. The van der Waals surface area contributed by atoms with Crippen LogP contribution in [0.3, 0.4) is 0 Å². The summed E-state index contributed by atoms with van der Waals surface area (Å²) in [5, 5.41) is 4.03. The largest absolute Gasteiger partial charge is 0.497 e. The normalized spacial score (nSPS) is 10.4. The fourth-order valence-corrected chi connectivity index (χ4v) is 2.12. The van der Waals surface area contributed by atoms with Gasteiger partial charge in [-0.3, -0.25) is 0 Å². The number of nitrogens with one attached hydrogen (secondary N) is 1. The molecule has 0 amide bonds. The molecule has 2 aromatic rings. The molecule has 0 atom stereocenters. The quantitative estimate of drug-likeness (QED) is 0.756. The monoisotopic (exact) mass is 305 g/mol. The second-order valence-electron chi connectivity index (χ2n) is 4.71. The van der Waals surface area contributed by atoms with Gasteiger partial charge in [0.05, 0.1) is 7.11 Å². The maximum absolute atomic E-state index is 6.08. The molecule has 0 fully saturated rings. The molecular weight excluding hydrogens is 286 g/mol. The number of halogens is 1. The molecule has 112 valence electrons. The first-order valence-corrected chi connectivity index (χ1v) is 7.41. The van der Waals surface area contributed by atoms with Crippen molar-refractivity contribution < 1.29 is 9.47 Å². The van der Waals surface area contributed by atoms with Gasteiger partial charge in [-0.25, -0.2) is 0 Å². The van der Waals surface area contributed by atoms with Crippen molar-refractivity contribution >= 4 is 11.6 Å². The highest BCUT2D eigenvalue weighted by molar-refractivity contribution is 6.30. The van der Waals surface area contributed by atoms with E-state index in [0.29, 0.717) is 5.02 Å². The lowest BCUT2D eigenvalue weighted by molar-refractivity contribution is 0.408. The predicted molar refractivity (Wildman–Crippen MR) is 86.5 cm³/mol. The van der Waals surface area contributed by atoms with Crippen LogP contribution in [-0.4, -0.2) is 13.7 Å². The van der Waals surface area contributed by atoms with Gasteiger partial charge in [0.1, 0.15) is 17.2 Å². The summed E-state index contributed by atoms with van der Waals surface area (Å²) in [6.45, 7) is 3.87. The van der Waals surface area contributed by atoms with E-state index in [4.69, 9.17) is 21.1 Å². The number of methoxy groups -OCH3 is 1. The number of rotatable bonds is 7. The number of hydrogen-bond donors (Lipinski definition) is 1. The van der Waals surface area contributed by atoms with Crippen LogP contribution in [-0.2, 0) is 6.54 Å². The smallest absolute Gasteiger partial charge is 0.133 e. The molecule has 2 aromatic carbocycles. The lowest BCUT2D eigenvalue weighted by Gasteiger charge is -2.13. The molecule has 0 unspecified atom stereocenters. The highest BCUT2D eigenvalue weighted by Crippen LogP contribution is 2.30. The first-order chi connectivity index (χ1) is 10.2. The second kappa shape index (κ2) is 7.91. The van der Waals surface area contributed by atoms with Gasteiger partial charge in [-0.15, -0.1) is 0 Å². The summed E-state index contributed by atoms with van der Waals surface area (Å²) in [7, 11) is 1.64. The standard InChI is InChI=1S/C17H20ClNO2/c1-3-9-19-12-13-7-8-14(18)10-17(13)21-16-6-4-5-15(11-16)20-2/h4-8,10-11,19H,3,9,12H2,1-2H3. The first-order valence-electron chi connectivity index (χ1n) is 7.04. The van der Waals surface area contributed by atoms with Crippen LogP contribution in [0.1, 0.15) is 18.9 Å². The van der Waals surface area contributed by atoms with Crippen molar-refractivity contribution in [2.45, 2.75) is 19.9 Å². The summed E-state index contributed by atoms with van der Waals surface area (Å²) in [5.41, 5.74) is 1.08. The van der Waals surface area contributed by atoms with E-state index in [-0.39, 0.29) is 0 Å². The minimum atomic E-state index is 0.659. The topological polar surface area (TPSA) is 30.5 Å². The SMILES string of the molecule is CCCNCc1ccc(Cl)cc1Oc1cccc(OC)c1. The van der Waals surface area contributed by atoms with Gasteiger partial charge < -0.3 is 14.8 Å². The van der Waals surface area contributed by atoms with Gasteiger partial charge in [0.2, 0.25) is 0 Å². The van der Waals surface area contributed by atoms with E-state index < -0.39 is 0 Å². The van der Waals surface area contributed by atoms with E-state index in [2.05, 4.69) is 12.2 Å². The Morgan fingerprint density at radius 2 is 1.90 bits per heavy atom. The molecule has 2 rings (SSSR count). The Hall–Kier alpha value is -1.71. The zero-order valence-electron chi connectivity index (χ0n) is 12.4. The molecule has 0 aromatic heterocycles. The summed E-state index contributed by atoms with van der Waals surface area (Å²) in [6, 6.07) is 13.2. The molecule has 0 saturated heterocycles. The Morgan fingerprint density at radius 1 is 1.10 bits per heavy atom. The Morgan fingerprint density at radius 3 is 2.67 bits per heavy atom. The number of hydrogen-bond acceptors (Lipinski definition) is 3. The molecule has 0 aliphatic heterocycles. The summed E-state index contributed by atoms with van der Waals surface area (Å²) < 4.78 is 11.2. The molecule has 0 radical (unpaired) electrons. The van der Waals surface area contributed by atoms with Crippen molar-refractivity contribution in [3.05, 3.63) is 53.1 Å². The third-order valence-electron chi connectivity index (χ3n) is 3.04. The van der Waals surface area contributed by atoms with Crippen LogP contribution in [0.2, 0.25) is 5.02 Å². The average molecular weight is 306 g/mol. The summed E-state index contributed by atoms with van der Waals surface area (Å²) >= 11 is 6.08. The second-order valence-corrected chi connectivity index (χ2v) is 5.15. The summed E-state index contributed by atoms with van der Waals surface area (Å²) in [6.07, 6.45) is 1.10. The van der Waals surface area contributed by atoms with E-state index in [1.54, 1.807) is 7.11 Å². The van der Waals surface area contributed by atoms with Gasteiger partial charge in [-0.2, -0.15) is 0 Å². The van der Waals surface area contributed by atoms with Crippen LogP contribution in [0.5, 0.6) is 17.2 Å². The van der Waals surface area contributed by atoms with Crippen molar-refractivity contribution in [3.8, 4) is 17.2 Å². The Labute approximate surface area is 130 Å². The maximum atomic E-state index is 6.08. The molecule has 0 saturated carbocycles. The van der Waals surface area contributed by atoms with Gasteiger partial charge in [0, 0.05) is 23.2 Å². The Bertz CT molecular complexity index is 587.